The van der Waals surface area contributed by atoms with Crippen LogP contribution in [-0.4, -0.2) is 49.4 Å². The van der Waals surface area contributed by atoms with Crippen LogP contribution >= 0.6 is 0 Å². The van der Waals surface area contributed by atoms with Crippen LogP contribution in [0.2, 0.25) is 0 Å². The van der Waals surface area contributed by atoms with Gasteiger partial charge in [-0.05, 0) is 45.2 Å². The van der Waals surface area contributed by atoms with Crippen molar-refractivity contribution in [2.75, 3.05) is 6.54 Å². The molecule has 1 saturated carbocycles. The smallest absolute Gasteiger partial charge is 0.255 e. The highest BCUT2D eigenvalue weighted by Gasteiger charge is 2.58. The Balaban J connectivity index is 1.57. The molecule has 6 nitrogen and oxygen atoms in total. The van der Waals surface area contributed by atoms with Gasteiger partial charge < -0.3 is 10.0 Å². The van der Waals surface area contributed by atoms with Crippen LogP contribution in [0.4, 0.5) is 8.78 Å². The second kappa shape index (κ2) is 6.86. The number of carbonyl (C=O) groups excluding carboxylic acids is 1. The lowest BCUT2D eigenvalue weighted by molar-refractivity contribution is 0.0531. The van der Waals surface area contributed by atoms with E-state index in [1.54, 1.807) is 47.8 Å². The molecule has 1 aliphatic carbocycles. The molecule has 1 saturated heterocycles. The summed E-state index contributed by atoms with van der Waals surface area (Å²) in [4.78, 5) is 16.6. The summed E-state index contributed by atoms with van der Waals surface area (Å²) in [6.07, 6.45) is 2.89. The molecule has 0 radical (unpaired) electrons. The van der Waals surface area contributed by atoms with Gasteiger partial charge in [-0.2, -0.15) is 15.0 Å². The third-order valence-electron chi connectivity index (χ3n) is 5.97. The number of halogens is 2. The third-order valence-corrected chi connectivity index (χ3v) is 5.97. The van der Waals surface area contributed by atoms with E-state index in [0.29, 0.717) is 23.4 Å². The van der Waals surface area contributed by atoms with Crippen molar-refractivity contribution in [2.45, 2.75) is 69.6 Å². The average molecular weight is 404 g/mol. The highest BCUT2D eigenvalue weighted by molar-refractivity contribution is 5.96. The molecule has 8 heteroatoms. The average Bonchev–Trinajstić information content (AvgIpc) is 3.06. The molecule has 0 unspecified atom stereocenters. The first kappa shape index (κ1) is 19.9. The van der Waals surface area contributed by atoms with Crippen molar-refractivity contribution in [1.82, 2.24) is 19.9 Å². The molecule has 1 aliphatic heterocycles. The van der Waals surface area contributed by atoms with Gasteiger partial charge in [-0.25, -0.2) is 8.78 Å². The molecule has 3 atom stereocenters. The van der Waals surface area contributed by atoms with E-state index in [0.717, 1.165) is 12.8 Å². The predicted molar refractivity (Wildman–Crippen MR) is 103 cm³/mol. The largest absolute Gasteiger partial charge is 0.384 e. The number of hydrogen-bond donors (Lipinski definition) is 1. The number of rotatable bonds is 4. The summed E-state index contributed by atoms with van der Waals surface area (Å²) in [5, 5.41) is 18.8. The van der Waals surface area contributed by atoms with Gasteiger partial charge in [0.25, 0.3) is 11.8 Å². The maximum atomic E-state index is 13.7. The van der Waals surface area contributed by atoms with Gasteiger partial charge in [0.2, 0.25) is 0 Å². The van der Waals surface area contributed by atoms with Crippen molar-refractivity contribution in [3.8, 4) is 0 Å². The molecule has 2 fully saturated rings. The topological polar surface area (TPSA) is 71.2 Å². The van der Waals surface area contributed by atoms with Crippen LogP contribution in [-0.2, 0) is 5.60 Å². The van der Waals surface area contributed by atoms with Crippen molar-refractivity contribution in [3.05, 3.63) is 47.3 Å². The molecular formula is C21H26F2N4O2. The van der Waals surface area contributed by atoms with E-state index < -0.39 is 17.4 Å². The molecule has 29 heavy (non-hydrogen) atoms. The summed E-state index contributed by atoms with van der Waals surface area (Å²) < 4.78 is 27.3. The first-order valence-electron chi connectivity index (χ1n) is 10.0. The minimum absolute atomic E-state index is 0.00386. The third kappa shape index (κ3) is 3.77. The van der Waals surface area contributed by atoms with E-state index in [9.17, 15) is 18.7 Å². The van der Waals surface area contributed by atoms with E-state index in [2.05, 4.69) is 10.2 Å². The maximum Gasteiger partial charge on any atom is 0.255 e. The van der Waals surface area contributed by atoms with E-state index in [1.165, 1.54) is 6.20 Å². The molecule has 0 spiro atoms. The summed E-state index contributed by atoms with van der Waals surface area (Å²) in [6.45, 7) is 5.66. The summed E-state index contributed by atoms with van der Waals surface area (Å²) in [6, 6.07) is 6.57. The molecule has 1 amide bonds. The van der Waals surface area contributed by atoms with E-state index in [4.69, 9.17) is 0 Å². The number of alkyl halides is 2. The molecule has 2 aromatic rings. The Morgan fingerprint density at radius 3 is 2.59 bits per heavy atom. The van der Waals surface area contributed by atoms with Crippen LogP contribution in [0.3, 0.4) is 0 Å². The highest BCUT2D eigenvalue weighted by atomic mass is 19.3. The molecular weight excluding hydrogens is 378 g/mol. The van der Waals surface area contributed by atoms with Gasteiger partial charge in [-0.3, -0.25) is 4.79 Å². The molecule has 1 N–H and O–H groups in total. The molecule has 4 rings (SSSR count). The van der Waals surface area contributed by atoms with Crippen molar-refractivity contribution in [1.29, 1.82) is 0 Å². The Bertz CT molecular complexity index is 921. The second-order valence-corrected chi connectivity index (χ2v) is 8.75. The zero-order valence-electron chi connectivity index (χ0n) is 16.8. The second-order valence-electron chi connectivity index (χ2n) is 8.75. The van der Waals surface area contributed by atoms with Crippen molar-refractivity contribution in [2.24, 2.45) is 0 Å². The van der Waals surface area contributed by atoms with Crippen molar-refractivity contribution < 1.29 is 18.7 Å². The maximum absolute atomic E-state index is 13.7. The van der Waals surface area contributed by atoms with E-state index in [1.807, 2.05) is 6.92 Å². The first-order chi connectivity index (χ1) is 13.6. The number of amides is 1. The van der Waals surface area contributed by atoms with E-state index in [-0.39, 0.29) is 24.4 Å². The minimum Gasteiger partial charge on any atom is -0.384 e. The number of hydrogen-bond acceptors (Lipinski definition) is 4. The van der Waals surface area contributed by atoms with Crippen LogP contribution in [0, 0.1) is 0 Å². The molecule has 1 aromatic heterocycles. The predicted octanol–water partition coefficient (Wildman–Crippen LogP) is 3.49. The quantitative estimate of drug-likeness (QED) is 0.847. The van der Waals surface area contributed by atoms with Crippen LogP contribution in [0.1, 0.15) is 73.6 Å². The Morgan fingerprint density at radius 2 is 1.97 bits per heavy atom. The molecule has 0 bridgehead atoms. The first-order valence-corrected chi connectivity index (χ1v) is 10.0. The fourth-order valence-corrected chi connectivity index (χ4v) is 3.99. The number of benzene rings is 1. The SMILES string of the molecule is C[C@@H]1CC[C@@H](n2ncc(C(C)(C)O)n2)CN1C(=O)c1ccccc1[C@H]1CC1(F)F. The minimum atomic E-state index is -2.72. The summed E-state index contributed by atoms with van der Waals surface area (Å²) in [5.41, 5.74) is 0.158. The Labute approximate surface area is 168 Å². The molecule has 156 valence electrons. The molecule has 1 aromatic carbocycles. The van der Waals surface area contributed by atoms with Crippen LogP contribution in [0.25, 0.3) is 0 Å². The summed E-state index contributed by atoms with van der Waals surface area (Å²) >= 11 is 0. The van der Waals surface area contributed by atoms with Gasteiger partial charge in [-0.1, -0.05) is 18.2 Å². The highest BCUT2D eigenvalue weighted by Crippen LogP contribution is 2.56. The summed E-state index contributed by atoms with van der Waals surface area (Å²) in [5.74, 6) is -3.82. The van der Waals surface area contributed by atoms with Crippen LogP contribution in [0.5, 0.6) is 0 Å². The fourth-order valence-electron chi connectivity index (χ4n) is 3.99. The lowest BCUT2D eigenvalue weighted by Gasteiger charge is -2.38. The summed E-state index contributed by atoms with van der Waals surface area (Å²) in [7, 11) is 0. The van der Waals surface area contributed by atoms with Gasteiger partial charge in [0.05, 0.1) is 18.2 Å². The lowest BCUT2D eigenvalue weighted by atomic mass is 9.96. The zero-order valence-corrected chi connectivity index (χ0v) is 16.8. The number of nitrogens with zero attached hydrogens (tertiary/aromatic N) is 4. The standard InChI is InChI=1S/C21H26F2N4O2/c1-13-8-9-14(27-24-11-18(25-27)20(2,3)29)12-26(13)19(28)16-7-5-4-6-15(16)17-10-21(17,22)23/h4-7,11,13-14,17,29H,8-10,12H2,1-3H3/t13-,14-,17-/m1/s1. The van der Waals surface area contributed by atoms with Crippen molar-refractivity contribution >= 4 is 5.91 Å². The Hall–Kier alpha value is -2.35. The van der Waals surface area contributed by atoms with Gasteiger partial charge in [0.15, 0.2) is 0 Å². The van der Waals surface area contributed by atoms with E-state index >= 15 is 0 Å². The van der Waals surface area contributed by atoms with Gasteiger partial charge in [-0.15, -0.1) is 0 Å². The Kier molecular flexibility index (Phi) is 4.72. The normalized spacial score (nSPS) is 26.4. The van der Waals surface area contributed by atoms with Crippen LogP contribution < -0.4 is 0 Å². The fraction of sp³-hybridized carbons (Fsp3) is 0.571. The number of likely N-dealkylation sites (tertiary alicyclic amines) is 1. The number of piperidine rings is 1. The van der Waals surface area contributed by atoms with Gasteiger partial charge >= 0.3 is 0 Å². The Morgan fingerprint density at radius 1 is 1.28 bits per heavy atom. The number of aliphatic hydroxyl groups is 1. The zero-order chi connectivity index (χ0) is 21.0. The van der Waals surface area contributed by atoms with Gasteiger partial charge in [0, 0.05) is 24.6 Å². The lowest BCUT2D eigenvalue weighted by Crippen LogP contribution is -2.46. The molecule has 2 heterocycles. The number of carbonyl (C=O) groups is 1. The molecule has 2 aliphatic rings. The van der Waals surface area contributed by atoms with Gasteiger partial charge in [0.1, 0.15) is 11.3 Å². The van der Waals surface area contributed by atoms with Crippen molar-refractivity contribution in [3.63, 3.8) is 0 Å². The monoisotopic (exact) mass is 404 g/mol. The van der Waals surface area contributed by atoms with Crippen LogP contribution in [0.15, 0.2) is 30.5 Å². The number of aromatic nitrogens is 3.